The van der Waals surface area contributed by atoms with Crippen LogP contribution in [0.15, 0.2) is 18.2 Å². The SMILES string of the molecule is CCC(C)N1CCN(C(=O)Nc2cc(Cl)cc(Cl)c2)CC1. The van der Waals surface area contributed by atoms with Gasteiger partial charge in [0.25, 0.3) is 0 Å². The van der Waals surface area contributed by atoms with Crippen molar-refractivity contribution >= 4 is 34.9 Å². The second kappa shape index (κ2) is 7.34. The third-order valence-electron chi connectivity index (χ3n) is 3.93. The van der Waals surface area contributed by atoms with E-state index in [0.29, 0.717) is 21.8 Å². The Morgan fingerprint density at radius 2 is 1.76 bits per heavy atom. The number of anilines is 1. The van der Waals surface area contributed by atoms with Gasteiger partial charge in [-0.15, -0.1) is 0 Å². The lowest BCUT2D eigenvalue weighted by molar-refractivity contribution is 0.117. The van der Waals surface area contributed by atoms with Gasteiger partial charge in [0.05, 0.1) is 0 Å². The van der Waals surface area contributed by atoms with Crippen molar-refractivity contribution < 1.29 is 4.79 Å². The zero-order chi connectivity index (χ0) is 15.4. The Labute approximate surface area is 136 Å². The summed E-state index contributed by atoms with van der Waals surface area (Å²) >= 11 is 11.9. The number of amides is 2. The maximum atomic E-state index is 12.2. The summed E-state index contributed by atoms with van der Waals surface area (Å²) in [6.07, 6.45) is 1.13. The van der Waals surface area contributed by atoms with Gasteiger partial charge in [0.15, 0.2) is 0 Å². The summed E-state index contributed by atoms with van der Waals surface area (Å²) in [6, 6.07) is 5.50. The average Bonchev–Trinajstić information content (AvgIpc) is 2.45. The van der Waals surface area contributed by atoms with Gasteiger partial charge in [0.2, 0.25) is 0 Å². The number of urea groups is 1. The Morgan fingerprint density at radius 1 is 1.19 bits per heavy atom. The van der Waals surface area contributed by atoms with Crippen molar-refractivity contribution in [1.82, 2.24) is 9.80 Å². The molecule has 0 radical (unpaired) electrons. The first-order valence-electron chi connectivity index (χ1n) is 7.25. The third-order valence-corrected chi connectivity index (χ3v) is 4.37. The molecule has 1 atom stereocenters. The van der Waals surface area contributed by atoms with Crippen LogP contribution in [0.2, 0.25) is 10.0 Å². The predicted octanol–water partition coefficient (Wildman–Crippen LogP) is 3.94. The predicted molar refractivity (Wildman–Crippen MR) is 88.4 cm³/mol. The Bertz CT molecular complexity index is 481. The highest BCUT2D eigenvalue weighted by Crippen LogP contribution is 2.22. The minimum absolute atomic E-state index is 0.0999. The number of halogens is 2. The molecule has 2 amide bonds. The van der Waals surface area contributed by atoms with Gasteiger partial charge in [-0.2, -0.15) is 0 Å². The van der Waals surface area contributed by atoms with Gasteiger partial charge in [-0.05, 0) is 31.5 Å². The van der Waals surface area contributed by atoms with Crippen molar-refractivity contribution in [2.24, 2.45) is 0 Å². The van der Waals surface area contributed by atoms with Crippen LogP contribution in [0.3, 0.4) is 0 Å². The molecule has 0 spiro atoms. The van der Waals surface area contributed by atoms with E-state index < -0.39 is 0 Å². The van der Waals surface area contributed by atoms with Gasteiger partial charge in [-0.1, -0.05) is 30.1 Å². The van der Waals surface area contributed by atoms with Crippen LogP contribution in [-0.2, 0) is 0 Å². The van der Waals surface area contributed by atoms with Crippen LogP contribution in [0.25, 0.3) is 0 Å². The van der Waals surface area contributed by atoms with Gasteiger partial charge >= 0.3 is 6.03 Å². The van der Waals surface area contributed by atoms with Gasteiger partial charge in [0, 0.05) is 48.0 Å². The van der Waals surface area contributed by atoms with Crippen LogP contribution < -0.4 is 5.32 Å². The van der Waals surface area contributed by atoms with Gasteiger partial charge in [-0.3, -0.25) is 4.90 Å². The summed E-state index contributed by atoms with van der Waals surface area (Å²) in [4.78, 5) is 16.5. The first kappa shape index (κ1) is 16.4. The number of piperazine rings is 1. The Kier molecular flexibility index (Phi) is 5.73. The molecule has 1 aliphatic heterocycles. The van der Waals surface area contributed by atoms with Crippen molar-refractivity contribution in [2.75, 3.05) is 31.5 Å². The molecule has 4 nitrogen and oxygen atoms in total. The van der Waals surface area contributed by atoms with Crippen LogP contribution in [0.4, 0.5) is 10.5 Å². The molecular weight excluding hydrogens is 309 g/mol. The molecule has 1 fully saturated rings. The van der Waals surface area contributed by atoms with Crippen LogP contribution in [0, 0.1) is 0 Å². The monoisotopic (exact) mass is 329 g/mol. The number of nitrogens with one attached hydrogen (secondary N) is 1. The fraction of sp³-hybridized carbons (Fsp3) is 0.533. The molecule has 1 aliphatic rings. The smallest absolute Gasteiger partial charge is 0.321 e. The normalized spacial score (nSPS) is 17.6. The summed E-state index contributed by atoms with van der Waals surface area (Å²) in [5, 5.41) is 3.88. The summed E-state index contributed by atoms with van der Waals surface area (Å²) in [7, 11) is 0. The van der Waals surface area contributed by atoms with Crippen LogP contribution >= 0.6 is 23.2 Å². The van der Waals surface area contributed by atoms with E-state index in [9.17, 15) is 4.79 Å². The van der Waals surface area contributed by atoms with Crippen LogP contribution in [0.5, 0.6) is 0 Å². The zero-order valence-electron chi connectivity index (χ0n) is 12.4. The number of carbonyl (C=O) groups excluding carboxylic acids is 1. The molecule has 0 aromatic heterocycles. The summed E-state index contributed by atoms with van der Waals surface area (Å²) < 4.78 is 0. The molecule has 2 rings (SSSR count). The molecule has 21 heavy (non-hydrogen) atoms. The van der Waals surface area contributed by atoms with Crippen molar-refractivity contribution in [3.8, 4) is 0 Å². The highest BCUT2D eigenvalue weighted by atomic mass is 35.5. The molecular formula is C15H21Cl2N3O. The largest absolute Gasteiger partial charge is 0.322 e. The maximum Gasteiger partial charge on any atom is 0.321 e. The Balaban J connectivity index is 1.90. The standard InChI is InChI=1S/C15H21Cl2N3O/c1-3-11(2)19-4-6-20(7-5-19)15(21)18-14-9-12(16)8-13(17)10-14/h8-11H,3-7H2,1-2H3,(H,18,21). The number of hydrogen-bond acceptors (Lipinski definition) is 2. The van der Waals surface area contributed by atoms with E-state index in [1.165, 1.54) is 0 Å². The van der Waals surface area contributed by atoms with E-state index in [1.54, 1.807) is 18.2 Å². The van der Waals surface area contributed by atoms with Crippen LogP contribution in [-0.4, -0.2) is 48.1 Å². The fourth-order valence-corrected chi connectivity index (χ4v) is 2.98. The van der Waals surface area contributed by atoms with Crippen molar-refractivity contribution in [3.05, 3.63) is 28.2 Å². The second-order valence-corrected chi connectivity index (χ2v) is 6.24. The lowest BCUT2D eigenvalue weighted by Crippen LogP contribution is -2.52. The highest BCUT2D eigenvalue weighted by molar-refractivity contribution is 6.35. The van der Waals surface area contributed by atoms with E-state index in [2.05, 4.69) is 24.1 Å². The minimum atomic E-state index is -0.0999. The molecule has 116 valence electrons. The Morgan fingerprint density at radius 3 is 2.29 bits per heavy atom. The first-order valence-corrected chi connectivity index (χ1v) is 8.01. The van der Waals surface area contributed by atoms with Gasteiger partial charge < -0.3 is 10.2 Å². The third kappa shape index (κ3) is 4.50. The highest BCUT2D eigenvalue weighted by Gasteiger charge is 2.23. The van der Waals surface area contributed by atoms with E-state index in [0.717, 1.165) is 32.6 Å². The van der Waals surface area contributed by atoms with E-state index in [4.69, 9.17) is 23.2 Å². The number of benzene rings is 1. The van der Waals surface area contributed by atoms with Crippen molar-refractivity contribution in [3.63, 3.8) is 0 Å². The molecule has 1 unspecified atom stereocenters. The molecule has 1 N–H and O–H groups in total. The van der Waals surface area contributed by atoms with Crippen LogP contribution in [0.1, 0.15) is 20.3 Å². The van der Waals surface area contributed by atoms with E-state index >= 15 is 0 Å². The van der Waals surface area contributed by atoms with E-state index in [1.807, 2.05) is 4.90 Å². The lowest BCUT2D eigenvalue weighted by atomic mass is 10.2. The molecule has 6 heteroatoms. The van der Waals surface area contributed by atoms with Crippen molar-refractivity contribution in [1.29, 1.82) is 0 Å². The lowest BCUT2D eigenvalue weighted by Gasteiger charge is -2.37. The topological polar surface area (TPSA) is 35.6 Å². The summed E-state index contributed by atoms with van der Waals surface area (Å²) in [5.41, 5.74) is 0.627. The minimum Gasteiger partial charge on any atom is -0.322 e. The first-order chi connectivity index (χ1) is 9.99. The molecule has 1 saturated heterocycles. The van der Waals surface area contributed by atoms with Gasteiger partial charge in [-0.25, -0.2) is 4.79 Å². The maximum absolute atomic E-state index is 12.2. The van der Waals surface area contributed by atoms with Gasteiger partial charge in [0.1, 0.15) is 0 Å². The Hall–Kier alpha value is -0.970. The zero-order valence-corrected chi connectivity index (χ0v) is 13.9. The fourth-order valence-electron chi connectivity index (χ4n) is 2.45. The molecule has 1 heterocycles. The molecule has 1 aromatic carbocycles. The molecule has 0 saturated carbocycles. The average molecular weight is 330 g/mol. The second-order valence-electron chi connectivity index (χ2n) is 5.37. The molecule has 0 aliphatic carbocycles. The number of carbonyl (C=O) groups is 1. The van der Waals surface area contributed by atoms with E-state index in [-0.39, 0.29) is 6.03 Å². The number of nitrogens with zero attached hydrogens (tertiary/aromatic N) is 2. The molecule has 1 aromatic rings. The summed E-state index contributed by atoms with van der Waals surface area (Å²) in [6.45, 7) is 7.72. The number of rotatable bonds is 3. The number of hydrogen-bond donors (Lipinski definition) is 1. The van der Waals surface area contributed by atoms with Crippen molar-refractivity contribution in [2.45, 2.75) is 26.3 Å². The quantitative estimate of drug-likeness (QED) is 0.911. The summed E-state index contributed by atoms with van der Waals surface area (Å²) in [5.74, 6) is 0. The molecule has 0 bridgehead atoms.